The first kappa shape index (κ1) is 13.0. The van der Waals surface area contributed by atoms with E-state index in [4.69, 9.17) is 0 Å². The molecule has 2 unspecified atom stereocenters. The van der Waals surface area contributed by atoms with E-state index in [1.54, 1.807) is 11.8 Å². The molecule has 0 aromatic heterocycles. The Morgan fingerprint density at radius 2 is 2.00 bits per heavy atom. The molecule has 1 N–H and O–H groups in total. The predicted molar refractivity (Wildman–Crippen MR) is 62.9 cm³/mol. The van der Waals surface area contributed by atoms with Gasteiger partial charge in [-0.15, -0.1) is 0 Å². The highest BCUT2D eigenvalue weighted by atomic mass is 16.2. The third-order valence-corrected chi connectivity index (χ3v) is 3.00. The van der Waals surface area contributed by atoms with Gasteiger partial charge in [-0.1, -0.05) is 27.2 Å². The summed E-state index contributed by atoms with van der Waals surface area (Å²) in [6.07, 6.45) is 1.99. The summed E-state index contributed by atoms with van der Waals surface area (Å²) in [5, 5.41) is 2.74. The molecule has 1 aliphatic rings. The van der Waals surface area contributed by atoms with Gasteiger partial charge in [-0.25, -0.2) is 0 Å². The molecule has 1 rings (SSSR count). The second kappa shape index (κ2) is 5.32. The van der Waals surface area contributed by atoms with Crippen molar-refractivity contribution in [1.82, 2.24) is 10.2 Å². The second-order valence-corrected chi connectivity index (χ2v) is 4.80. The van der Waals surface area contributed by atoms with Crippen LogP contribution in [0.1, 0.15) is 40.5 Å². The highest BCUT2D eigenvalue weighted by Gasteiger charge is 2.39. The van der Waals surface area contributed by atoms with Gasteiger partial charge in [0.2, 0.25) is 11.8 Å². The molecule has 0 aromatic carbocycles. The molecule has 0 aromatic rings. The highest BCUT2D eigenvalue weighted by molar-refractivity contribution is 5.96. The zero-order valence-electron chi connectivity index (χ0n) is 10.6. The Bertz CT molecular complexity index is 276. The summed E-state index contributed by atoms with van der Waals surface area (Å²) in [5.74, 6) is 0.193. The van der Waals surface area contributed by atoms with E-state index in [1.807, 2.05) is 13.8 Å². The van der Waals surface area contributed by atoms with Gasteiger partial charge in [-0.05, 0) is 19.3 Å². The van der Waals surface area contributed by atoms with E-state index in [2.05, 4.69) is 12.2 Å². The zero-order valence-corrected chi connectivity index (χ0v) is 10.6. The van der Waals surface area contributed by atoms with E-state index in [0.29, 0.717) is 6.54 Å². The fourth-order valence-corrected chi connectivity index (χ4v) is 2.13. The van der Waals surface area contributed by atoms with E-state index in [0.717, 1.165) is 12.8 Å². The van der Waals surface area contributed by atoms with Gasteiger partial charge in [-0.2, -0.15) is 0 Å². The molecule has 0 saturated carbocycles. The lowest BCUT2D eigenvalue weighted by atomic mass is 9.97. The Morgan fingerprint density at radius 1 is 1.38 bits per heavy atom. The van der Waals surface area contributed by atoms with Crippen molar-refractivity contribution in [2.75, 3.05) is 6.54 Å². The van der Waals surface area contributed by atoms with Gasteiger partial charge < -0.3 is 10.2 Å². The maximum absolute atomic E-state index is 12.0. The van der Waals surface area contributed by atoms with Crippen molar-refractivity contribution in [3.05, 3.63) is 0 Å². The smallest absolute Gasteiger partial charge is 0.245 e. The van der Waals surface area contributed by atoms with E-state index in [-0.39, 0.29) is 29.8 Å². The normalized spacial score (nSPS) is 26.2. The van der Waals surface area contributed by atoms with Crippen LogP contribution in [0.4, 0.5) is 0 Å². The quantitative estimate of drug-likeness (QED) is 0.782. The fourth-order valence-electron chi connectivity index (χ4n) is 2.13. The van der Waals surface area contributed by atoms with Crippen LogP contribution >= 0.6 is 0 Å². The van der Waals surface area contributed by atoms with Crippen molar-refractivity contribution < 1.29 is 9.59 Å². The highest BCUT2D eigenvalue weighted by Crippen LogP contribution is 2.17. The first-order chi connectivity index (χ1) is 7.49. The molecule has 0 radical (unpaired) electrons. The fraction of sp³-hybridized carbons (Fsp3) is 0.833. The summed E-state index contributed by atoms with van der Waals surface area (Å²) in [6, 6.07) is -0.672. The predicted octanol–water partition coefficient (Wildman–Crippen LogP) is 1.16. The molecule has 4 heteroatoms. The molecule has 0 spiro atoms. The van der Waals surface area contributed by atoms with Crippen LogP contribution in [-0.4, -0.2) is 35.3 Å². The van der Waals surface area contributed by atoms with Gasteiger partial charge in [0.1, 0.15) is 12.1 Å². The summed E-state index contributed by atoms with van der Waals surface area (Å²) in [4.78, 5) is 25.6. The average Bonchev–Trinajstić information content (AvgIpc) is 2.20. The first-order valence-corrected chi connectivity index (χ1v) is 6.09. The van der Waals surface area contributed by atoms with Gasteiger partial charge in [0.25, 0.3) is 0 Å². The summed E-state index contributed by atoms with van der Waals surface area (Å²) in [7, 11) is 0. The monoisotopic (exact) mass is 226 g/mol. The Hall–Kier alpha value is -1.06. The van der Waals surface area contributed by atoms with Crippen molar-refractivity contribution in [3.63, 3.8) is 0 Å². The largest absolute Gasteiger partial charge is 0.343 e. The number of hydrogen-bond donors (Lipinski definition) is 1. The first-order valence-electron chi connectivity index (χ1n) is 6.09. The molecule has 1 saturated heterocycles. The molecule has 1 fully saturated rings. The molecule has 2 amide bonds. The number of unbranched alkanes of at least 4 members (excludes halogenated alkanes) is 1. The minimum Gasteiger partial charge on any atom is -0.343 e. The van der Waals surface area contributed by atoms with Gasteiger partial charge in [0.15, 0.2) is 0 Å². The SMILES string of the molecule is CCCCN1C(=O)C(C)NC(=O)C1C(C)C. The average molecular weight is 226 g/mol. The molecule has 1 aliphatic heterocycles. The summed E-state index contributed by atoms with van der Waals surface area (Å²) < 4.78 is 0. The molecule has 2 atom stereocenters. The van der Waals surface area contributed by atoms with E-state index in [1.165, 1.54) is 0 Å². The van der Waals surface area contributed by atoms with Crippen molar-refractivity contribution in [2.24, 2.45) is 5.92 Å². The van der Waals surface area contributed by atoms with Crippen LogP contribution in [0.15, 0.2) is 0 Å². The van der Waals surface area contributed by atoms with E-state index in [9.17, 15) is 9.59 Å². The number of nitrogens with zero attached hydrogens (tertiary/aromatic N) is 1. The van der Waals surface area contributed by atoms with Gasteiger partial charge in [0.05, 0.1) is 0 Å². The van der Waals surface area contributed by atoms with Crippen molar-refractivity contribution in [1.29, 1.82) is 0 Å². The molecular formula is C12H22N2O2. The van der Waals surface area contributed by atoms with Gasteiger partial charge in [-0.3, -0.25) is 9.59 Å². The van der Waals surface area contributed by atoms with Gasteiger partial charge >= 0.3 is 0 Å². The Morgan fingerprint density at radius 3 is 2.50 bits per heavy atom. The lowest BCUT2D eigenvalue weighted by Gasteiger charge is -2.39. The molecule has 92 valence electrons. The number of carbonyl (C=O) groups is 2. The second-order valence-electron chi connectivity index (χ2n) is 4.80. The lowest BCUT2D eigenvalue weighted by Crippen LogP contribution is -2.64. The topological polar surface area (TPSA) is 49.4 Å². The van der Waals surface area contributed by atoms with Crippen molar-refractivity contribution in [3.8, 4) is 0 Å². The number of carbonyl (C=O) groups excluding carboxylic acids is 2. The maximum Gasteiger partial charge on any atom is 0.245 e. The van der Waals surface area contributed by atoms with Crippen molar-refractivity contribution >= 4 is 11.8 Å². The Balaban J connectivity index is 2.84. The lowest BCUT2D eigenvalue weighted by molar-refractivity contribution is -0.150. The summed E-state index contributed by atoms with van der Waals surface area (Å²) in [6.45, 7) is 8.48. The molecular weight excluding hydrogens is 204 g/mol. The summed E-state index contributed by atoms with van der Waals surface area (Å²) >= 11 is 0. The minimum absolute atomic E-state index is 0.0156. The molecule has 0 aliphatic carbocycles. The van der Waals surface area contributed by atoms with Crippen LogP contribution in [0.5, 0.6) is 0 Å². The van der Waals surface area contributed by atoms with Crippen molar-refractivity contribution in [2.45, 2.75) is 52.6 Å². The van der Waals surface area contributed by atoms with Gasteiger partial charge in [0, 0.05) is 6.54 Å². The molecule has 0 bridgehead atoms. The number of rotatable bonds is 4. The number of amides is 2. The Kier molecular flexibility index (Phi) is 4.33. The number of piperazine rings is 1. The molecule has 1 heterocycles. The molecule has 16 heavy (non-hydrogen) atoms. The van der Waals surface area contributed by atoms with Crippen LogP contribution in [0.3, 0.4) is 0 Å². The van der Waals surface area contributed by atoms with Crippen LogP contribution < -0.4 is 5.32 Å². The number of hydrogen-bond acceptors (Lipinski definition) is 2. The summed E-state index contributed by atoms with van der Waals surface area (Å²) in [5.41, 5.74) is 0. The van der Waals surface area contributed by atoms with Crippen LogP contribution in [0, 0.1) is 5.92 Å². The maximum atomic E-state index is 12.0. The third-order valence-electron chi connectivity index (χ3n) is 3.00. The van der Waals surface area contributed by atoms with Crippen LogP contribution in [0.2, 0.25) is 0 Å². The number of nitrogens with one attached hydrogen (secondary N) is 1. The third kappa shape index (κ3) is 2.54. The van der Waals surface area contributed by atoms with Crippen LogP contribution in [-0.2, 0) is 9.59 Å². The van der Waals surface area contributed by atoms with Crippen LogP contribution in [0.25, 0.3) is 0 Å². The minimum atomic E-state index is -0.376. The standard InChI is InChI=1S/C12H22N2O2/c1-5-6-7-14-10(8(2)3)11(15)13-9(4)12(14)16/h8-10H,5-7H2,1-4H3,(H,13,15). The Labute approximate surface area is 97.4 Å². The zero-order chi connectivity index (χ0) is 12.3. The molecule has 4 nitrogen and oxygen atoms in total. The van der Waals surface area contributed by atoms with E-state index >= 15 is 0 Å². The van der Waals surface area contributed by atoms with E-state index < -0.39 is 0 Å².